The normalized spacial score (nSPS) is 19.9. The molecule has 0 bridgehead atoms. The molecule has 1 saturated carbocycles. The largest absolute Gasteiger partial charge is 0.469 e. The van der Waals surface area contributed by atoms with Crippen molar-refractivity contribution in [1.29, 1.82) is 0 Å². The number of carbonyl (C=O) groups is 1. The van der Waals surface area contributed by atoms with Gasteiger partial charge in [0.25, 0.3) is 0 Å². The number of hydrogen-bond acceptors (Lipinski definition) is 3. The van der Waals surface area contributed by atoms with Crippen LogP contribution in [0.3, 0.4) is 0 Å². The van der Waals surface area contributed by atoms with E-state index >= 15 is 0 Å². The first kappa shape index (κ1) is 14.1. The summed E-state index contributed by atoms with van der Waals surface area (Å²) >= 11 is 0. The second-order valence-corrected chi connectivity index (χ2v) is 5.81. The molecule has 0 aromatic carbocycles. The van der Waals surface area contributed by atoms with E-state index in [9.17, 15) is 9.90 Å². The zero-order valence-electron chi connectivity index (χ0n) is 11.5. The summed E-state index contributed by atoms with van der Waals surface area (Å²) < 4.78 is 5.22. The minimum absolute atomic E-state index is 0.0828. The summed E-state index contributed by atoms with van der Waals surface area (Å²) in [6.07, 6.45) is 7.47. The molecule has 1 unspecified atom stereocenters. The Labute approximate surface area is 114 Å². The molecule has 1 aliphatic rings. The van der Waals surface area contributed by atoms with Crippen molar-refractivity contribution in [2.45, 2.75) is 51.0 Å². The van der Waals surface area contributed by atoms with Gasteiger partial charge in [-0.15, -0.1) is 0 Å². The third kappa shape index (κ3) is 4.39. The van der Waals surface area contributed by atoms with Crippen LogP contribution in [0.4, 0.5) is 0 Å². The van der Waals surface area contributed by atoms with E-state index in [0.29, 0.717) is 6.42 Å². The van der Waals surface area contributed by atoms with Crippen molar-refractivity contribution >= 4 is 5.91 Å². The monoisotopic (exact) mass is 265 g/mol. The molecule has 2 N–H and O–H groups in total. The van der Waals surface area contributed by atoms with Gasteiger partial charge in [-0.1, -0.05) is 19.3 Å². The zero-order valence-corrected chi connectivity index (χ0v) is 11.5. The van der Waals surface area contributed by atoms with Crippen LogP contribution >= 0.6 is 0 Å². The Bertz CT molecular complexity index is 392. The molecule has 1 aliphatic carbocycles. The van der Waals surface area contributed by atoms with Gasteiger partial charge < -0.3 is 14.8 Å². The fraction of sp³-hybridized carbons (Fsp3) is 0.667. The molecule has 0 spiro atoms. The zero-order chi connectivity index (χ0) is 13.7. The van der Waals surface area contributed by atoms with E-state index < -0.39 is 5.60 Å². The first-order valence-corrected chi connectivity index (χ1v) is 7.09. The van der Waals surface area contributed by atoms with Crippen LogP contribution in [0.1, 0.15) is 44.8 Å². The van der Waals surface area contributed by atoms with Crippen LogP contribution in [0.25, 0.3) is 0 Å². The van der Waals surface area contributed by atoms with E-state index in [4.69, 9.17) is 4.42 Å². The molecule has 106 valence electrons. The predicted octanol–water partition coefficient (Wildman–Crippen LogP) is 2.27. The van der Waals surface area contributed by atoms with Crippen LogP contribution in [0.15, 0.2) is 22.8 Å². The number of aliphatic hydroxyl groups is 1. The molecule has 4 nitrogen and oxygen atoms in total. The number of carbonyl (C=O) groups excluding carboxylic acids is 1. The molecule has 4 heteroatoms. The highest BCUT2D eigenvalue weighted by atomic mass is 16.3. The Morgan fingerprint density at radius 2 is 2.21 bits per heavy atom. The maximum absolute atomic E-state index is 12.0. The predicted molar refractivity (Wildman–Crippen MR) is 72.6 cm³/mol. The number of amides is 1. The summed E-state index contributed by atoms with van der Waals surface area (Å²) in [5.74, 6) is 0.949. The molecule has 1 amide bonds. The summed E-state index contributed by atoms with van der Waals surface area (Å²) in [4.78, 5) is 12.0. The van der Waals surface area contributed by atoms with Gasteiger partial charge in [-0.05, 0) is 31.9 Å². The Balaban J connectivity index is 1.78. The van der Waals surface area contributed by atoms with Crippen molar-refractivity contribution in [3.8, 4) is 0 Å². The van der Waals surface area contributed by atoms with Crippen LogP contribution in [0.5, 0.6) is 0 Å². The van der Waals surface area contributed by atoms with E-state index in [2.05, 4.69) is 5.32 Å². The summed E-state index contributed by atoms with van der Waals surface area (Å²) in [6, 6.07) is 3.63. The average Bonchev–Trinajstić information content (AvgIpc) is 2.89. The quantitative estimate of drug-likeness (QED) is 0.858. The topological polar surface area (TPSA) is 62.5 Å². The molecule has 1 fully saturated rings. The summed E-state index contributed by atoms with van der Waals surface area (Å²) in [6.45, 7) is 1.99. The van der Waals surface area contributed by atoms with Gasteiger partial charge in [-0.25, -0.2) is 0 Å². The molecule has 1 heterocycles. The van der Waals surface area contributed by atoms with Crippen LogP contribution in [-0.2, 0) is 11.2 Å². The second kappa shape index (κ2) is 6.24. The molecular formula is C15H23NO3. The van der Waals surface area contributed by atoms with Gasteiger partial charge in [-0.2, -0.15) is 0 Å². The Kier molecular flexibility index (Phi) is 4.64. The standard InChI is InChI=1S/C15H23NO3/c1-15(18,10-13-8-5-9-19-13)11-16-14(17)12-6-3-2-4-7-12/h5,8-9,12,18H,2-4,6-7,10-11H2,1H3,(H,16,17). The summed E-state index contributed by atoms with van der Waals surface area (Å²) in [7, 11) is 0. The minimum atomic E-state index is -0.970. The lowest BCUT2D eigenvalue weighted by Gasteiger charge is -2.26. The van der Waals surface area contributed by atoms with Crippen LogP contribution in [0.2, 0.25) is 0 Å². The molecule has 0 radical (unpaired) electrons. The lowest BCUT2D eigenvalue weighted by Crippen LogP contribution is -2.44. The average molecular weight is 265 g/mol. The van der Waals surface area contributed by atoms with E-state index in [1.54, 1.807) is 19.3 Å². The fourth-order valence-electron chi connectivity index (χ4n) is 2.64. The molecule has 19 heavy (non-hydrogen) atoms. The fourth-order valence-corrected chi connectivity index (χ4v) is 2.64. The molecule has 1 aromatic heterocycles. The van der Waals surface area contributed by atoms with Gasteiger partial charge in [0.1, 0.15) is 5.76 Å². The Hall–Kier alpha value is -1.29. The molecule has 0 aliphatic heterocycles. The van der Waals surface area contributed by atoms with E-state index in [1.165, 1.54) is 6.42 Å². The minimum Gasteiger partial charge on any atom is -0.469 e. The molecule has 2 rings (SSSR count). The molecule has 1 aromatic rings. The number of hydrogen-bond donors (Lipinski definition) is 2. The lowest BCUT2D eigenvalue weighted by atomic mass is 9.88. The lowest BCUT2D eigenvalue weighted by molar-refractivity contribution is -0.127. The van der Waals surface area contributed by atoms with Gasteiger partial charge in [0.05, 0.1) is 11.9 Å². The van der Waals surface area contributed by atoms with E-state index in [-0.39, 0.29) is 18.4 Å². The second-order valence-electron chi connectivity index (χ2n) is 5.81. The molecular weight excluding hydrogens is 242 g/mol. The highest BCUT2D eigenvalue weighted by molar-refractivity contribution is 5.78. The Morgan fingerprint density at radius 3 is 2.84 bits per heavy atom. The smallest absolute Gasteiger partial charge is 0.223 e. The molecule has 0 saturated heterocycles. The highest BCUT2D eigenvalue weighted by Gasteiger charge is 2.26. The van der Waals surface area contributed by atoms with Gasteiger partial charge in [0, 0.05) is 18.9 Å². The Morgan fingerprint density at radius 1 is 1.47 bits per heavy atom. The van der Waals surface area contributed by atoms with Crippen molar-refractivity contribution in [3.05, 3.63) is 24.2 Å². The van der Waals surface area contributed by atoms with Crippen molar-refractivity contribution in [1.82, 2.24) is 5.32 Å². The van der Waals surface area contributed by atoms with Crippen molar-refractivity contribution < 1.29 is 14.3 Å². The van der Waals surface area contributed by atoms with Crippen molar-refractivity contribution in [2.24, 2.45) is 5.92 Å². The van der Waals surface area contributed by atoms with Gasteiger partial charge in [-0.3, -0.25) is 4.79 Å². The summed E-state index contributed by atoms with van der Waals surface area (Å²) in [5, 5.41) is 13.1. The van der Waals surface area contributed by atoms with E-state index in [1.807, 2.05) is 6.07 Å². The third-order valence-corrected chi connectivity index (χ3v) is 3.75. The van der Waals surface area contributed by atoms with Gasteiger partial charge in [0.15, 0.2) is 0 Å². The van der Waals surface area contributed by atoms with Crippen LogP contribution in [0, 0.1) is 5.92 Å². The number of furan rings is 1. The highest BCUT2D eigenvalue weighted by Crippen LogP contribution is 2.23. The SMILES string of the molecule is CC(O)(CNC(=O)C1CCCCC1)Cc1ccco1. The first-order chi connectivity index (χ1) is 9.07. The molecule has 1 atom stereocenters. The third-order valence-electron chi connectivity index (χ3n) is 3.75. The van der Waals surface area contributed by atoms with Crippen molar-refractivity contribution in [2.75, 3.05) is 6.54 Å². The summed E-state index contributed by atoms with van der Waals surface area (Å²) in [5.41, 5.74) is -0.970. The van der Waals surface area contributed by atoms with Gasteiger partial charge in [0.2, 0.25) is 5.91 Å². The number of rotatable bonds is 5. The van der Waals surface area contributed by atoms with E-state index in [0.717, 1.165) is 31.4 Å². The van der Waals surface area contributed by atoms with Crippen LogP contribution < -0.4 is 5.32 Å². The van der Waals surface area contributed by atoms with Gasteiger partial charge >= 0.3 is 0 Å². The first-order valence-electron chi connectivity index (χ1n) is 7.09. The number of nitrogens with one attached hydrogen (secondary N) is 1. The van der Waals surface area contributed by atoms with Crippen molar-refractivity contribution in [3.63, 3.8) is 0 Å². The maximum Gasteiger partial charge on any atom is 0.223 e. The van der Waals surface area contributed by atoms with Crippen LogP contribution in [-0.4, -0.2) is 23.2 Å². The maximum atomic E-state index is 12.0.